The van der Waals surface area contributed by atoms with Gasteiger partial charge in [0.2, 0.25) is 0 Å². The van der Waals surface area contributed by atoms with Crippen LogP contribution in [0.15, 0.2) is 53.0 Å². The number of carbonyl (C=O) groups excluding carboxylic acids is 1. The first-order valence-electron chi connectivity index (χ1n) is 7.35. The quantitative estimate of drug-likeness (QED) is 0.647. The molecule has 1 atom stereocenters. The SMILES string of the molecule is CCOC(=O)C(C#Cc1ccc(Br)cc1)Nc1ccc(C)cc1. The van der Waals surface area contributed by atoms with Crippen molar-refractivity contribution in [1.29, 1.82) is 0 Å². The van der Waals surface area contributed by atoms with E-state index in [0.29, 0.717) is 6.61 Å². The predicted molar refractivity (Wildman–Crippen MR) is 96.2 cm³/mol. The van der Waals surface area contributed by atoms with Gasteiger partial charge in [0.1, 0.15) is 0 Å². The van der Waals surface area contributed by atoms with E-state index in [4.69, 9.17) is 4.74 Å². The van der Waals surface area contributed by atoms with Gasteiger partial charge in [0.25, 0.3) is 0 Å². The van der Waals surface area contributed by atoms with Gasteiger partial charge in [-0.3, -0.25) is 0 Å². The molecule has 2 aromatic carbocycles. The van der Waals surface area contributed by atoms with Gasteiger partial charge in [-0.2, -0.15) is 0 Å². The fourth-order valence-electron chi connectivity index (χ4n) is 1.88. The third-order valence-corrected chi connectivity index (χ3v) is 3.62. The fourth-order valence-corrected chi connectivity index (χ4v) is 2.15. The Hall–Kier alpha value is -2.25. The van der Waals surface area contributed by atoms with Crippen LogP contribution in [-0.4, -0.2) is 18.6 Å². The van der Waals surface area contributed by atoms with Gasteiger partial charge in [-0.1, -0.05) is 45.5 Å². The third kappa shape index (κ3) is 5.46. The van der Waals surface area contributed by atoms with E-state index >= 15 is 0 Å². The number of esters is 1. The number of carbonyl (C=O) groups is 1. The number of hydrogen-bond acceptors (Lipinski definition) is 3. The Labute approximate surface area is 145 Å². The Morgan fingerprint density at radius 1 is 1.17 bits per heavy atom. The molecule has 0 radical (unpaired) electrons. The van der Waals surface area contributed by atoms with Gasteiger partial charge in [-0.15, -0.1) is 0 Å². The van der Waals surface area contributed by atoms with E-state index < -0.39 is 6.04 Å². The largest absolute Gasteiger partial charge is 0.464 e. The number of nitrogens with one attached hydrogen (secondary N) is 1. The van der Waals surface area contributed by atoms with Gasteiger partial charge in [0.15, 0.2) is 6.04 Å². The lowest BCUT2D eigenvalue weighted by atomic mass is 10.2. The van der Waals surface area contributed by atoms with Crippen LogP contribution in [0.5, 0.6) is 0 Å². The molecular formula is C19H18BrNO2. The molecule has 0 saturated carbocycles. The lowest BCUT2D eigenvalue weighted by molar-refractivity contribution is -0.142. The van der Waals surface area contributed by atoms with Crippen molar-refractivity contribution in [1.82, 2.24) is 0 Å². The van der Waals surface area contributed by atoms with Gasteiger partial charge in [0.05, 0.1) is 6.61 Å². The second-order valence-corrected chi connectivity index (χ2v) is 5.89. The van der Waals surface area contributed by atoms with Crippen molar-refractivity contribution in [2.75, 3.05) is 11.9 Å². The van der Waals surface area contributed by atoms with Crippen molar-refractivity contribution in [3.8, 4) is 11.8 Å². The first-order chi connectivity index (χ1) is 11.1. The molecule has 2 rings (SSSR count). The molecule has 0 aliphatic heterocycles. The van der Waals surface area contributed by atoms with Crippen molar-refractivity contribution in [3.63, 3.8) is 0 Å². The molecule has 0 heterocycles. The standard InChI is InChI=1S/C19H18BrNO2/c1-3-23-19(22)18(21-17-11-4-14(2)5-12-17)13-8-15-6-9-16(20)10-7-15/h4-7,9-12,18,21H,3H2,1-2H3. The summed E-state index contributed by atoms with van der Waals surface area (Å²) in [6.07, 6.45) is 0. The van der Waals surface area contributed by atoms with Gasteiger partial charge < -0.3 is 10.1 Å². The lowest BCUT2D eigenvalue weighted by Crippen LogP contribution is -2.30. The van der Waals surface area contributed by atoms with E-state index in [2.05, 4.69) is 33.1 Å². The Balaban J connectivity index is 2.19. The van der Waals surface area contributed by atoms with Crippen molar-refractivity contribution in [2.24, 2.45) is 0 Å². The summed E-state index contributed by atoms with van der Waals surface area (Å²) in [5.74, 6) is 5.58. The number of hydrogen-bond donors (Lipinski definition) is 1. The normalized spacial score (nSPS) is 11.1. The third-order valence-electron chi connectivity index (χ3n) is 3.09. The van der Waals surface area contributed by atoms with Crippen LogP contribution in [0.3, 0.4) is 0 Å². The summed E-state index contributed by atoms with van der Waals surface area (Å²) in [7, 11) is 0. The second kappa shape index (κ2) is 8.40. The molecule has 0 amide bonds. The van der Waals surface area contributed by atoms with E-state index in [1.54, 1.807) is 6.92 Å². The zero-order chi connectivity index (χ0) is 16.7. The van der Waals surface area contributed by atoms with E-state index in [1.807, 2.05) is 55.5 Å². The zero-order valence-electron chi connectivity index (χ0n) is 13.1. The lowest BCUT2D eigenvalue weighted by Gasteiger charge is -2.13. The van der Waals surface area contributed by atoms with Crippen LogP contribution in [0.4, 0.5) is 5.69 Å². The highest BCUT2D eigenvalue weighted by Crippen LogP contribution is 2.12. The highest BCUT2D eigenvalue weighted by Gasteiger charge is 2.16. The summed E-state index contributed by atoms with van der Waals surface area (Å²) in [4.78, 5) is 12.1. The van der Waals surface area contributed by atoms with Crippen molar-refractivity contribution >= 4 is 27.6 Å². The molecule has 1 unspecified atom stereocenters. The Bertz CT molecular complexity index is 712. The number of ether oxygens (including phenoxy) is 1. The summed E-state index contributed by atoms with van der Waals surface area (Å²) in [5, 5.41) is 3.12. The van der Waals surface area contributed by atoms with Gasteiger partial charge in [-0.05, 0) is 50.2 Å². The summed E-state index contributed by atoms with van der Waals surface area (Å²) >= 11 is 3.38. The van der Waals surface area contributed by atoms with Crippen LogP contribution in [-0.2, 0) is 9.53 Å². The predicted octanol–water partition coefficient (Wildman–Crippen LogP) is 4.15. The van der Waals surface area contributed by atoms with Crippen molar-refractivity contribution in [3.05, 3.63) is 64.1 Å². The maximum atomic E-state index is 12.1. The highest BCUT2D eigenvalue weighted by molar-refractivity contribution is 9.10. The molecule has 0 bridgehead atoms. The van der Waals surface area contributed by atoms with E-state index in [0.717, 1.165) is 21.3 Å². The first-order valence-corrected chi connectivity index (χ1v) is 8.14. The van der Waals surface area contributed by atoms with E-state index in [-0.39, 0.29) is 5.97 Å². The molecule has 0 spiro atoms. The monoisotopic (exact) mass is 371 g/mol. The molecule has 0 aliphatic carbocycles. The average Bonchev–Trinajstić information content (AvgIpc) is 2.55. The Morgan fingerprint density at radius 2 is 1.83 bits per heavy atom. The minimum absolute atomic E-state index is 0.324. The molecule has 0 aliphatic rings. The van der Waals surface area contributed by atoms with Crippen LogP contribution in [0.2, 0.25) is 0 Å². The fraction of sp³-hybridized carbons (Fsp3) is 0.211. The maximum Gasteiger partial charge on any atom is 0.341 e. The molecule has 0 aromatic heterocycles. The van der Waals surface area contributed by atoms with Crippen molar-refractivity contribution < 1.29 is 9.53 Å². The molecular weight excluding hydrogens is 354 g/mol. The number of benzene rings is 2. The van der Waals surface area contributed by atoms with Crippen LogP contribution in [0, 0.1) is 18.8 Å². The first kappa shape index (κ1) is 17.1. The highest BCUT2D eigenvalue weighted by atomic mass is 79.9. The molecule has 118 valence electrons. The van der Waals surface area contributed by atoms with Crippen LogP contribution in [0.1, 0.15) is 18.1 Å². The Kier molecular flexibility index (Phi) is 6.25. The van der Waals surface area contributed by atoms with Crippen LogP contribution >= 0.6 is 15.9 Å². The minimum atomic E-state index is -0.707. The summed E-state index contributed by atoms with van der Waals surface area (Å²) in [5.41, 5.74) is 2.83. The minimum Gasteiger partial charge on any atom is -0.464 e. The topological polar surface area (TPSA) is 38.3 Å². The summed E-state index contributed by atoms with van der Waals surface area (Å²) in [6.45, 7) is 4.12. The molecule has 3 nitrogen and oxygen atoms in total. The van der Waals surface area contributed by atoms with Crippen LogP contribution < -0.4 is 5.32 Å². The molecule has 23 heavy (non-hydrogen) atoms. The number of halogens is 1. The zero-order valence-corrected chi connectivity index (χ0v) is 14.7. The number of rotatable bonds is 4. The molecule has 0 fully saturated rings. The summed E-state index contributed by atoms with van der Waals surface area (Å²) in [6, 6.07) is 14.7. The number of aryl methyl sites for hydroxylation is 1. The molecule has 0 saturated heterocycles. The molecule has 1 N–H and O–H groups in total. The Morgan fingerprint density at radius 3 is 2.43 bits per heavy atom. The summed E-state index contributed by atoms with van der Waals surface area (Å²) < 4.78 is 6.08. The van der Waals surface area contributed by atoms with Gasteiger partial charge in [0, 0.05) is 15.7 Å². The number of anilines is 1. The second-order valence-electron chi connectivity index (χ2n) is 4.97. The van der Waals surface area contributed by atoms with Crippen LogP contribution in [0.25, 0.3) is 0 Å². The molecule has 2 aromatic rings. The van der Waals surface area contributed by atoms with E-state index in [9.17, 15) is 4.79 Å². The van der Waals surface area contributed by atoms with Gasteiger partial charge >= 0.3 is 5.97 Å². The van der Waals surface area contributed by atoms with E-state index in [1.165, 1.54) is 0 Å². The average molecular weight is 372 g/mol. The molecule has 4 heteroatoms. The van der Waals surface area contributed by atoms with Crippen molar-refractivity contribution in [2.45, 2.75) is 19.9 Å². The smallest absolute Gasteiger partial charge is 0.341 e. The maximum absolute atomic E-state index is 12.1. The van der Waals surface area contributed by atoms with Gasteiger partial charge in [-0.25, -0.2) is 4.79 Å².